The van der Waals surface area contributed by atoms with Crippen molar-refractivity contribution < 1.29 is 4.74 Å². The van der Waals surface area contributed by atoms with Crippen LogP contribution in [0, 0.1) is 0 Å². The molecule has 0 unspecified atom stereocenters. The minimum absolute atomic E-state index is 0.364. The van der Waals surface area contributed by atoms with Gasteiger partial charge in [0.25, 0.3) is 0 Å². The molecule has 1 aromatic heterocycles. The lowest BCUT2D eigenvalue weighted by Crippen LogP contribution is -2.11. The van der Waals surface area contributed by atoms with E-state index in [-0.39, 0.29) is 0 Å². The predicted octanol–water partition coefficient (Wildman–Crippen LogP) is 2.65. The molecule has 20 heavy (non-hydrogen) atoms. The molecule has 0 atom stereocenters. The average molecular weight is 299 g/mol. The molecule has 1 heterocycles. The molecule has 114 valence electrons. The van der Waals surface area contributed by atoms with Crippen LogP contribution < -0.4 is 15.4 Å². The zero-order valence-corrected chi connectivity index (χ0v) is 13.4. The molecule has 0 radical (unpaired) electrons. The van der Waals surface area contributed by atoms with Crippen molar-refractivity contribution in [3.63, 3.8) is 0 Å². The zero-order valence-electron chi connectivity index (χ0n) is 12.6. The van der Waals surface area contributed by atoms with Gasteiger partial charge in [0.2, 0.25) is 11.9 Å². The molecule has 0 spiro atoms. The van der Waals surface area contributed by atoms with Crippen molar-refractivity contribution in [2.45, 2.75) is 33.1 Å². The van der Waals surface area contributed by atoms with E-state index in [0.29, 0.717) is 24.5 Å². The molecule has 7 heteroatoms. The van der Waals surface area contributed by atoms with Crippen molar-refractivity contribution in [1.29, 1.82) is 0 Å². The van der Waals surface area contributed by atoms with Crippen LogP contribution in [0.5, 0.6) is 6.01 Å². The van der Waals surface area contributed by atoms with E-state index in [1.54, 1.807) is 0 Å². The van der Waals surface area contributed by atoms with E-state index in [4.69, 9.17) is 4.74 Å². The lowest BCUT2D eigenvalue weighted by Gasteiger charge is -2.09. The molecule has 0 aliphatic heterocycles. The molecular formula is C13H25N5OS. The highest BCUT2D eigenvalue weighted by Gasteiger charge is 2.06. The summed E-state index contributed by atoms with van der Waals surface area (Å²) in [5.41, 5.74) is 0. The fourth-order valence-electron chi connectivity index (χ4n) is 1.61. The van der Waals surface area contributed by atoms with Crippen LogP contribution in [0.25, 0.3) is 0 Å². The Balaban J connectivity index is 2.46. The van der Waals surface area contributed by atoms with Crippen LogP contribution in [0.3, 0.4) is 0 Å². The van der Waals surface area contributed by atoms with Gasteiger partial charge in [0.05, 0.1) is 6.61 Å². The van der Waals surface area contributed by atoms with E-state index >= 15 is 0 Å². The van der Waals surface area contributed by atoms with Crippen LogP contribution in [0.1, 0.15) is 33.1 Å². The van der Waals surface area contributed by atoms with Gasteiger partial charge in [-0.2, -0.15) is 26.7 Å². The van der Waals surface area contributed by atoms with Gasteiger partial charge in [-0.15, -0.1) is 0 Å². The summed E-state index contributed by atoms with van der Waals surface area (Å²) in [4.78, 5) is 12.7. The van der Waals surface area contributed by atoms with Gasteiger partial charge in [-0.3, -0.25) is 0 Å². The standard InChI is InChI=1S/C13H25N5OS/c1-4-14-11-16-12(18-13(17-11)19-5-2)15-9-7-6-8-10-20-3/h4-10H2,1-3H3,(H2,14,15,16,17,18). The molecule has 0 bridgehead atoms. The van der Waals surface area contributed by atoms with Gasteiger partial charge in [-0.1, -0.05) is 6.42 Å². The second-order valence-electron chi connectivity index (χ2n) is 4.21. The number of unbranched alkanes of at least 4 members (excludes halogenated alkanes) is 2. The topological polar surface area (TPSA) is 72.0 Å². The Kier molecular flexibility index (Phi) is 8.86. The van der Waals surface area contributed by atoms with E-state index in [9.17, 15) is 0 Å². The van der Waals surface area contributed by atoms with Gasteiger partial charge in [0.1, 0.15) is 0 Å². The number of hydrogen-bond acceptors (Lipinski definition) is 7. The summed E-state index contributed by atoms with van der Waals surface area (Å²) < 4.78 is 5.35. The lowest BCUT2D eigenvalue weighted by atomic mass is 10.2. The van der Waals surface area contributed by atoms with E-state index in [1.165, 1.54) is 18.6 Å². The summed E-state index contributed by atoms with van der Waals surface area (Å²) in [6, 6.07) is 0.364. The first-order valence-electron chi connectivity index (χ1n) is 7.15. The van der Waals surface area contributed by atoms with Crippen molar-refractivity contribution in [3.8, 4) is 6.01 Å². The summed E-state index contributed by atoms with van der Waals surface area (Å²) in [6.07, 6.45) is 5.73. The second-order valence-corrected chi connectivity index (χ2v) is 5.19. The molecular weight excluding hydrogens is 274 g/mol. The minimum atomic E-state index is 0.364. The molecule has 0 aromatic carbocycles. The molecule has 2 N–H and O–H groups in total. The largest absolute Gasteiger partial charge is 0.464 e. The van der Waals surface area contributed by atoms with Crippen molar-refractivity contribution in [3.05, 3.63) is 0 Å². The highest BCUT2D eigenvalue weighted by Crippen LogP contribution is 2.11. The minimum Gasteiger partial charge on any atom is -0.464 e. The number of aromatic nitrogens is 3. The molecule has 6 nitrogen and oxygen atoms in total. The van der Waals surface area contributed by atoms with E-state index in [2.05, 4.69) is 31.8 Å². The van der Waals surface area contributed by atoms with Crippen molar-refractivity contribution in [1.82, 2.24) is 15.0 Å². The number of hydrogen-bond donors (Lipinski definition) is 2. The summed E-state index contributed by atoms with van der Waals surface area (Å²) in [6.45, 7) is 6.10. The highest BCUT2D eigenvalue weighted by atomic mass is 32.2. The lowest BCUT2D eigenvalue weighted by molar-refractivity contribution is 0.312. The molecule has 0 aliphatic carbocycles. The van der Waals surface area contributed by atoms with E-state index < -0.39 is 0 Å². The van der Waals surface area contributed by atoms with Crippen LogP contribution in [0.2, 0.25) is 0 Å². The smallest absolute Gasteiger partial charge is 0.323 e. The Morgan fingerprint density at radius 2 is 1.75 bits per heavy atom. The Bertz CT molecular complexity index is 354. The maximum Gasteiger partial charge on any atom is 0.323 e. The predicted molar refractivity (Wildman–Crippen MR) is 85.9 cm³/mol. The second kappa shape index (κ2) is 10.5. The first-order chi connectivity index (χ1) is 9.80. The van der Waals surface area contributed by atoms with Crippen LogP contribution >= 0.6 is 11.8 Å². The number of nitrogens with zero attached hydrogens (tertiary/aromatic N) is 3. The van der Waals surface area contributed by atoms with Gasteiger partial charge in [-0.05, 0) is 38.7 Å². The SMILES string of the molecule is CCNc1nc(NCCCCCSC)nc(OCC)n1. The Morgan fingerprint density at radius 1 is 1.00 bits per heavy atom. The Hall–Kier alpha value is -1.24. The van der Waals surface area contributed by atoms with E-state index in [1.807, 2.05) is 25.6 Å². The molecule has 1 rings (SSSR count). The summed E-state index contributed by atoms with van der Waals surface area (Å²) >= 11 is 1.89. The van der Waals surface area contributed by atoms with Gasteiger partial charge >= 0.3 is 6.01 Å². The number of ether oxygens (including phenoxy) is 1. The molecule has 0 amide bonds. The van der Waals surface area contributed by atoms with Gasteiger partial charge in [0, 0.05) is 13.1 Å². The summed E-state index contributed by atoms with van der Waals surface area (Å²) in [5, 5.41) is 6.31. The van der Waals surface area contributed by atoms with Gasteiger partial charge in [0.15, 0.2) is 0 Å². The van der Waals surface area contributed by atoms with Crippen molar-refractivity contribution in [2.75, 3.05) is 42.3 Å². The molecule has 0 saturated heterocycles. The van der Waals surface area contributed by atoms with Crippen molar-refractivity contribution >= 4 is 23.7 Å². The number of thioether (sulfide) groups is 1. The van der Waals surface area contributed by atoms with Gasteiger partial charge in [-0.25, -0.2) is 0 Å². The van der Waals surface area contributed by atoms with Crippen LogP contribution in [-0.2, 0) is 0 Å². The quantitative estimate of drug-likeness (QED) is 0.609. The third kappa shape index (κ3) is 6.79. The van der Waals surface area contributed by atoms with Crippen molar-refractivity contribution in [2.24, 2.45) is 0 Å². The average Bonchev–Trinajstić information content (AvgIpc) is 2.43. The fourth-order valence-corrected chi connectivity index (χ4v) is 2.11. The first kappa shape index (κ1) is 16.8. The normalized spacial score (nSPS) is 10.3. The maximum absolute atomic E-state index is 5.35. The third-order valence-corrected chi connectivity index (χ3v) is 3.23. The maximum atomic E-state index is 5.35. The monoisotopic (exact) mass is 299 g/mol. The van der Waals surface area contributed by atoms with Crippen LogP contribution in [0.15, 0.2) is 0 Å². The Morgan fingerprint density at radius 3 is 2.40 bits per heavy atom. The van der Waals surface area contributed by atoms with Crippen LogP contribution in [0.4, 0.5) is 11.9 Å². The Labute approximate surface area is 125 Å². The number of rotatable bonds is 11. The fraction of sp³-hybridized carbons (Fsp3) is 0.769. The molecule has 0 aliphatic rings. The number of nitrogens with one attached hydrogen (secondary N) is 2. The highest BCUT2D eigenvalue weighted by molar-refractivity contribution is 7.98. The molecule has 0 saturated carbocycles. The van der Waals surface area contributed by atoms with Crippen LogP contribution in [-0.4, -0.2) is 46.7 Å². The summed E-state index contributed by atoms with van der Waals surface area (Å²) in [5.74, 6) is 2.35. The number of anilines is 2. The third-order valence-electron chi connectivity index (χ3n) is 2.53. The molecule has 1 aromatic rings. The first-order valence-corrected chi connectivity index (χ1v) is 8.55. The zero-order chi connectivity index (χ0) is 14.6. The summed E-state index contributed by atoms with van der Waals surface area (Å²) in [7, 11) is 0. The molecule has 0 fully saturated rings. The van der Waals surface area contributed by atoms with E-state index in [0.717, 1.165) is 19.5 Å². The van der Waals surface area contributed by atoms with Gasteiger partial charge < -0.3 is 15.4 Å².